The molecule has 144 valence electrons. The molecule has 3 aromatic rings. The molecule has 0 spiro atoms. The van der Waals surface area contributed by atoms with E-state index in [9.17, 15) is 12.8 Å². The summed E-state index contributed by atoms with van der Waals surface area (Å²) in [6.07, 6.45) is 0. The van der Waals surface area contributed by atoms with Gasteiger partial charge in [-0.25, -0.2) is 16.8 Å². The van der Waals surface area contributed by atoms with Crippen LogP contribution < -0.4 is 0 Å². The molecule has 27 heavy (non-hydrogen) atoms. The number of thioether (sulfide) groups is 1. The lowest BCUT2D eigenvalue weighted by molar-refractivity contribution is 0.402. The quantitative estimate of drug-likeness (QED) is 0.384. The zero-order valence-electron chi connectivity index (χ0n) is 15.4. The second-order valence-electron chi connectivity index (χ2n) is 6.48. The molecule has 1 heterocycles. The van der Waals surface area contributed by atoms with Crippen molar-refractivity contribution in [2.75, 3.05) is 14.1 Å². The second-order valence-corrected chi connectivity index (χ2v) is 10.5. The van der Waals surface area contributed by atoms with Gasteiger partial charge in [0.05, 0.1) is 15.8 Å². The Morgan fingerprint density at radius 3 is 2.37 bits per heavy atom. The SMILES string of the molecule is Cc1c(SC(C)N(C)C)c2cc(Br)ccc2n1S(=O)(=O)c1ccc(F)cc1. The molecule has 4 nitrogen and oxygen atoms in total. The zero-order valence-corrected chi connectivity index (χ0v) is 18.6. The number of aromatic nitrogens is 1. The van der Waals surface area contributed by atoms with Crippen LogP contribution in [0.5, 0.6) is 0 Å². The first kappa shape index (κ1) is 20.4. The number of hydrogen-bond donors (Lipinski definition) is 0. The van der Waals surface area contributed by atoms with Crippen LogP contribution in [0.25, 0.3) is 10.9 Å². The third-order valence-corrected chi connectivity index (χ3v) is 8.25. The van der Waals surface area contributed by atoms with Crippen LogP contribution in [0, 0.1) is 12.7 Å². The summed E-state index contributed by atoms with van der Waals surface area (Å²) < 4.78 is 42.1. The Bertz CT molecular complexity index is 1090. The summed E-state index contributed by atoms with van der Waals surface area (Å²) in [5.74, 6) is -0.469. The molecule has 8 heteroatoms. The van der Waals surface area contributed by atoms with Crippen LogP contribution in [0.3, 0.4) is 0 Å². The average molecular weight is 471 g/mol. The van der Waals surface area contributed by atoms with E-state index in [0.717, 1.165) is 26.9 Å². The molecule has 2 aromatic carbocycles. The second kappa shape index (κ2) is 7.58. The molecule has 0 radical (unpaired) electrons. The summed E-state index contributed by atoms with van der Waals surface area (Å²) in [6.45, 7) is 3.87. The maximum absolute atomic E-state index is 13.3. The van der Waals surface area contributed by atoms with Crippen molar-refractivity contribution in [3.63, 3.8) is 0 Å². The van der Waals surface area contributed by atoms with E-state index in [2.05, 4.69) is 27.8 Å². The van der Waals surface area contributed by atoms with E-state index in [4.69, 9.17) is 0 Å². The fraction of sp³-hybridized carbons (Fsp3) is 0.263. The van der Waals surface area contributed by atoms with Gasteiger partial charge in [0, 0.05) is 20.4 Å². The van der Waals surface area contributed by atoms with Gasteiger partial charge in [-0.1, -0.05) is 15.9 Å². The molecule has 0 aliphatic rings. The monoisotopic (exact) mass is 470 g/mol. The highest BCUT2D eigenvalue weighted by atomic mass is 79.9. The Kier molecular flexibility index (Phi) is 5.72. The molecule has 0 aliphatic carbocycles. The van der Waals surface area contributed by atoms with Crippen molar-refractivity contribution in [1.29, 1.82) is 0 Å². The minimum atomic E-state index is -3.85. The molecule has 1 aromatic heterocycles. The maximum atomic E-state index is 13.3. The first-order valence-electron chi connectivity index (χ1n) is 8.27. The number of nitrogens with zero attached hydrogens (tertiary/aromatic N) is 2. The van der Waals surface area contributed by atoms with Crippen molar-refractivity contribution in [2.45, 2.75) is 29.0 Å². The van der Waals surface area contributed by atoms with Gasteiger partial charge >= 0.3 is 0 Å². The van der Waals surface area contributed by atoms with Crippen molar-refractivity contribution in [1.82, 2.24) is 8.87 Å². The average Bonchev–Trinajstić information content (AvgIpc) is 2.87. The molecule has 0 fully saturated rings. The third kappa shape index (κ3) is 3.81. The van der Waals surface area contributed by atoms with Crippen molar-refractivity contribution in [2.24, 2.45) is 0 Å². The summed E-state index contributed by atoms with van der Waals surface area (Å²) in [5.41, 5.74) is 1.25. The van der Waals surface area contributed by atoms with Crippen LogP contribution in [0.15, 0.2) is 56.7 Å². The molecule has 0 saturated carbocycles. The lowest BCUT2D eigenvalue weighted by Crippen LogP contribution is -2.21. The molecule has 0 N–H and O–H groups in total. The van der Waals surface area contributed by atoms with E-state index in [1.165, 1.54) is 16.1 Å². The number of rotatable bonds is 5. The van der Waals surface area contributed by atoms with Gasteiger partial charge < -0.3 is 0 Å². The molecule has 0 amide bonds. The van der Waals surface area contributed by atoms with Crippen molar-refractivity contribution in [3.8, 4) is 0 Å². The summed E-state index contributed by atoms with van der Waals surface area (Å²) in [6, 6.07) is 10.5. The number of halogens is 2. The fourth-order valence-corrected chi connectivity index (χ4v) is 5.87. The van der Waals surface area contributed by atoms with Gasteiger partial charge in [-0.15, -0.1) is 11.8 Å². The number of fused-ring (bicyclic) bond motifs is 1. The molecule has 0 aliphatic heterocycles. The van der Waals surface area contributed by atoms with E-state index >= 15 is 0 Å². The van der Waals surface area contributed by atoms with Crippen LogP contribution in [-0.4, -0.2) is 36.8 Å². The van der Waals surface area contributed by atoms with Gasteiger partial charge in [0.1, 0.15) is 5.82 Å². The Morgan fingerprint density at radius 2 is 1.78 bits per heavy atom. The smallest absolute Gasteiger partial charge is 0.268 e. The predicted molar refractivity (Wildman–Crippen MR) is 112 cm³/mol. The Balaban J connectivity index is 2.27. The summed E-state index contributed by atoms with van der Waals surface area (Å²) >= 11 is 5.09. The van der Waals surface area contributed by atoms with Crippen LogP contribution >= 0.6 is 27.7 Å². The highest BCUT2D eigenvalue weighted by Gasteiger charge is 2.26. The normalized spacial score (nSPS) is 13.4. The van der Waals surface area contributed by atoms with E-state index in [0.29, 0.717) is 11.2 Å². The highest BCUT2D eigenvalue weighted by molar-refractivity contribution is 9.10. The standard InChI is InChI=1S/C19H20BrFN2O2S2/c1-12-19(26-13(2)22(3)4)17-11-14(20)5-10-18(17)23(12)27(24,25)16-8-6-15(21)7-9-16/h5-11,13H,1-4H3. The molecule has 0 bridgehead atoms. The van der Waals surface area contributed by atoms with Gasteiger partial charge in [-0.2, -0.15) is 0 Å². The minimum Gasteiger partial charge on any atom is -0.298 e. The van der Waals surface area contributed by atoms with E-state index < -0.39 is 15.8 Å². The van der Waals surface area contributed by atoms with E-state index in [-0.39, 0.29) is 10.3 Å². The van der Waals surface area contributed by atoms with Crippen LogP contribution in [-0.2, 0) is 10.0 Å². The Morgan fingerprint density at radius 1 is 1.15 bits per heavy atom. The largest absolute Gasteiger partial charge is 0.298 e. The summed E-state index contributed by atoms with van der Waals surface area (Å²) in [5, 5.41) is 1.03. The van der Waals surface area contributed by atoms with Gasteiger partial charge in [0.25, 0.3) is 10.0 Å². The topological polar surface area (TPSA) is 42.3 Å². The van der Waals surface area contributed by atoms with E-state index in [1.54, 1.807) is 24.8 Å². The maximum Gasteiger partial charge on any atom is 0.268 e. The molecule has 1 unspecified atom stereocenters. The van der Waals surface area contributed by atoms with Gasteiger partial charge in [-0.3, -0.25) is 4.90 Å². The van der Waals surface area contributed by atoms with Crippen molar-refractivity contribution >= 4 is 48.6 Å². The van der Waals surface area contributed by atoms with Gasteiger partial charge in [0.15, 0.2) is 0 Å². The van der Waals surface area contributed by atoms with Crippen LogP contribution in [0.4, 0.5) is 4.39 Å². The number of hydrogen-bond acceptors (Lipinski definition) is 4. The molecule has 1 atom stereocenters. The minimum absolute atomic E-state index is 0.0593. The lowest BCUT2D eigenvalue weighted by Gasteiger charge is -2.19. The summed E-state index contributed by atoms with van der Waals surface area (Å²) in [4.78, 5) is 3.04. The fourth-order valence-electron chi connectivity index (χ4n) is 2.78. The van der Waals surface area contributed by atoms with Crippen molar-refractivity contribution in [3.05, 3.63) is 58.4 Å². The van der Waals surface area contributed by atoms with Crippen LogP contribution in [0.2, 0.25) is 0 Å². The molecular weight excluding hydrogens is 451 g/mol. The van der Waals surface area contributed by atoms with Gasteiger partial charge in [0.2, 0.25) is 0 Å². The first-order chi connectivity index (χ1) is 12.6. The molecule has 0 saturated heterocycles. The van der Waals surface area contributed by atoms with E-state index in [1.807, 2.05) is 26.2 Å². The Hall–Kier alpha value is -1.35. The zero-order chi connectivity index (χ0) is 19.9. The molecule has 3 rings (SSSR count). The predicted octanol–water partition coefficient (Wildman–Crippen LogP) is 5.09. The lowest BCUT2D eigenvalue weighted by atomic mass is 10.2. The number of benzene rings is 2. The highest BCUT2D eigenvalue weighted by Crippen LogP contribution is 2.39. The Labute approximate surface area is 171 Å². The third-order valence-electron chi connectivity index (χ3n) is 4.42. The first-order valence-corrected chi connectivity index (χ1v) is 11.4. The van der Waals surface area contributed by atoms with Crippen molar-refractivity contribution < 1.29 is 12.8 Å². The molecular formula is C19H20BrFN2O2S2. The van der Waals surface area contributed by atoms with Crippen LogP contribution in [0.1, 0.15) is 12.6 Å². The van der Waals surface area contributed by atoms with Gasteiger partial charge in [-0.05, 0) is 70.4 Å². The summed E-state index contributed by atoms with van der Waals surface area (Å²) in [7, 11) is 0.114.